The van der Waals surface area contributed by atoms with Crippen LogP contribution in [-0.2, 0) is 21.2 Å². The van der Waals surface area contributed by atoms with E-state index in [1.165, 1.54) is 22.6 Å². The molecule has 0 bridgehead atoms. The molecule has 3 heterocycles. The Kier molecular flexibility index (Phi) is 7.53. The van der Waals surface area contributed by atoms with E-state index in [4.69, 9.17) is 4.42 Å². The highest BCUT2D eigenvalue weighted by Gasteiger charge is 2.27. The van der Waals surface area contributed by atoms with E-state index in [0.717, 1.165) is 5.82 Å². The first-order valence-electron chi connectivity index (χ1n) is 11.0. The zero-order valence-corrected chi connectivity index (χ0v) is 19.4. The molecule has 1 N–H and O–H groups in total. The zero-order valence-electron chi connectivity index (χ0n) is 18.6. The van der Waals surface area contributed by atoms with Crippen LogP contribution < -0.4 is 10.2 Å². The maximum atomic E-state index is 13.0. The quantitative estimate of drug-likeness (QED) is 0.492. The van der Waals surface area contributed by atoms with Crippen molar-refractivity contribution in [3.63, 3.8) is 0 Å². The molecule has 3 aromatic rings. The Morgan fingerprint density at radius 1 is 1.06 bits per heavy atom. The number of carbonyl (C=O) groups is 1. The van der Waals surface area contributed by atoms with Gasteiger partial charge < -0.3 is 14.6 Å². The molecule has 1 aliphatic heterocycles. The summed E-state index contributed by atoms with van der Waals surface area (Å²) in [5, 5.41) is 2.65. The molecule has 1 aliphatic rings. The molecule has 1 aromatic carbocycles. The minimum atomic E-state index is -3.47. The van der Waals surface area contributed by atoms with E-state index in [9.17, 15) is 17.6 Å². The van der Waals surface area contributed by atoms with Crippen LogP contribution in [0, 0.1) is 5.82 Å². The fourth-order valence-electron chi connectivity index (χ4n) is 3.67. The van der Waals surface area contributed by atoms with Crippen LogP contribution in [0.3, 0.4) is 0 Å². The second-order valence-electron chi connectivity index (χ2n) is 7.87. The van der Waals surface area contributed by atoms with Crippen molar-refractivity contribution in [2.24, 2.45) is 0 Å². The fourth-order valence-corrected chi connectivity index (χ4v) is 5.00. The summed E-state index contributed by atoms with van der Waals surface area (Å²) >= 11 is 0. The standard InChI is InChI=1S/C23H26FN5O4S/c24-19-6-4-18(5-7-19)20-17-27-23(33-20)9-8-22(30)26-11-16-34(31,32)29-14-12-28(13-15-29)21-3-1-2-10-25-21/h1-7,10,17H,8-9,11-16H2,(H,26,30). The van der Waals surface area contributed by atoms with Gasteiger partial charge in [-0.3, -0.25) is 4.79 Å². The fraction of sp³-hybridized carbons (Fsp3) is 0.348. The number of amides is 1. The van der Waals surface area contributed by atoms with Crippen LogP contribution in [0.1, 0.15) is 12.3 Å². The smallest absolute Gasteiger partial charge is 0.220 e. The van der Waals surface area contributed by atoms with E-state index in [0.29, 0.717) is 43.4 Å². The molecular formula is C23H26FN5O4S. The van der Waals surface area contributed by atoms with Gasteiger partial charge in [0.1, 0.15) is 11.6 Å². The summed E-state index contributed by atoms with van der Waals surface area (Å²) < 4.78 is 45.4. The first-order valence-corrected chi connectivity index (χ1v) is 12.6. The Balaban J connectivity index is 1.18. The number of oxazole rings is 1. The van der Waals surface area contributed by atoms with Gasteiger partial charge in [0.15, 0.2) is 11.7 Å². The number of hydrogen-bond acceptors (Lipinski definition) is 7. The number of carbonyl (C=O) groups excluding carboxylic acids is 1. The molecule has 0 saturated carbocycles. The molecule has 2 aromatic heterocycles. The van der Waals surface area contributed by atoms with E-state index in [1.54, 1.807) is 18.3 Å². The molecule has 1 fully saturated rings. The predicted octanol–water partition coefficient (Wildman–Crippen LogP) is 2.08. The molecule has 9 nitrogen and oxygen atoms in total. The largest absolute Gasteiger partial charge is 0.441 e. The summed E-state index contributed by atoms with van der Waals surface area (Å²) in [6.07, 6.45) is 3.63. The monoisotopic (exact) mass is 487 g/mol. The number of benzene rings is 1. The average Bonchev–Trinajstić information content (AvgIpc) is 3.33. The van der Waals surface area contributed by atoms with Crippen LogP contribution >= 0.6 is 0 Å². The molecule has 180 valence electrons. The molecule has 34 heavy (non-hydrogen) atoms. The lowest BCUT2D eigenvalue weighted by Gasteiger charge is -2.34. The highest BCUT2D eigenvalue weighted by molar-refractivity contribution is 7.89. The van der Waals surface area contributed by atoms with Crippen LogP contribution in [0.15, 0.2) is 59.3 Å². The number of hydrogen-bond donors (Lipinski definition) is 1. The summed E-state index contributed by atoms with van der Waals surface area (Å²) in [6.45, 7) is 1.94. The number of aryl methyl sites for hydroxylation is 1. The lowest BCUT2D eigenvalue weighted by Crippen LogP contribution is -2.50. The molecule has 0 radical (unpaired) electrons. The second-order valence-corrected chi connectivity index (χ2v) is 9.95. The summed E-state index contributed by atoms with van der Waals surface area (Å²) in [4.78, 5) is 22.6. The number of aromatic nitrogens is 2. The molecule has 4 rings (SSSR count). The van der Waals surface area contributed by atoms with Crippen molar-refractivity contribution in [3.05, 3.63) is 66.6 Å². The van der Waals surface area contributed by atoms with Gasteiger partial charge in [0.2, 0.25) is 15.9 Å². The zero-order chi connectivity index (χ0) is 24.0. The van der Waals surface area contributed by atoms with Crippen LogP contribution in [0.4, 0.5) is 10.2 Å². The van der Waals surface area contributed by atoms with Crippen molar-refractivity contribution in [1.29, 1.82) is 0 Å². The van der Waals surface area contributed by atoms with Crippen LogP contribution in [0.25, 0.3) is 11.3 Å². The summed E-state index contributed by atoms with van der Waals surface area (Å²) in [5.41, 5.74) is 0.690. The van der Waals surface area contributed by atoms with E-state index in [-0.39, 0.29) is 36.9 Å². The Morgan fingerprint density at radius 2 is 1.82 bits per heavy atom. The van der Waals surface area contributed by atoms with Crippen molar-refractivity contribution in [1.82, 2.24) is 19.6 Å². The van der Waals surface area contributed by atoms with Gasteiger partial charge in [0, 0.05) is 57.3 Å². The van der Waals surface area contributed by atoms with Gasteiger partial charge in [-0.1, -0.05) is 6.07 Å². The molecule has 1 saturated heterocycles. The van der Waals surface area contributed by atoms with Crippen LogP contribution in [0.5, 0.6) is 0 Å². The van der Waals surface area contributed by atoms with E-state index >= 15 is 0 Å². The van der Waals surface area contributed by atoms with Crippen molar-refractivity contribution in [3.8, 4) is 11.3 Å². The van der Waals surface area contributed by atoms with Gasteiger partial charge in [-0.2, -0.15) is 4.31 Å². The van der Waals surface area contributed by atoms with Gasteiger partial charge in [-0.05, 0) is 36.4 Å². The second kappa shape index (κ2) is 10.7. The molecule has 0 atom stereocenters. The lowest BCUT2D eigenvalue weighted by atomic mass is 10.2. The number of halogens is 1. The molecular weight excluding hydrogens is 461 g/mol. The van der Waals surface area contributed by atoms with Gasteiger partial charge >= 0.3 is 0 Å². The third kappa shape index (κ3) is 6.17. The third-order valence-electron chi connectivity index (χ3n) is 5.54. The molecule has 0 spiro atoms. The van der Waals surface area contributed by atoms with E-state index in [2.05, 4.69) is 20.2 Å². The van der Waals surface area contributed by atoms with Gasteiger partial charge in [0.25, 0.3) is 0 Å². The number of anilines is 1. The number of sulfonamides is 1. The number of rotatable bonds is 9. The first kappa shape index (κ1) is 23.8. The SMILES string of the molecule is O=C(CCc1ncc(-c2ccc(F)cc2)o1)NCCS(=O)(=O)N1CCN(c2ccccn2)CC1. The maximum Gasteiger partial charge on any atom is 0.220 e. The topological polar surface area (TPSA) is 109 Å². The number of pyridine rings is 1. The van der Waals surface area contributed by atoms with Crippen LogP contribution in [-0.4, -0.2) is 67.1 Å². The Morgan fingerprint density at radius 3 is 2.53 bits per heavy atom. The van der Waals surface area contributed by atoms with Crippen LogP contribution in [0.2, 0.25) is 0 Å². The first-order chi connectivity index (χ1) is 16.4. The van der Waals surface area contributed by atoms with Crippen molar-refractivity contribution in [2.75, 3.05) is 43.4 Å². The summed E-state index contributed by atoms with van der Waals surface area (Å²) in [6, 6.07) is 11.5. The third-order valence-corrected chi connectivity index (χ3v) is 7.41. The van der Waals surface area contributed by atoms with Gasteiger partial charge in [-0.15, -0.1) is 0 Å². The van der Waals surface area contributed by atoms with E-state index in [1.807, 2.05) is 18.2 Å². The average molecular weight is 488 g/mol. The van der Waals surface area contributed by atoms with Crippen molar-refractivity contribution < 1.29 is 22.0 Å². The summed E-state index contributed by atoms with van der Waals surface area (Å²) in [5.74, 6) is 0.932. The minimum Gasteiger partial charge on any atom is -0.441 e. The van der Waals surface area contributed by atoms with E-state index < -0.39 is 10.0 Å². The highest BCUT2D eigenvalue weighted by Crippen LogP contribution is 2.21. The van der Waals surface area contributed by atoms with Gasteiger partial charge in [0.05, 0.1) is 11.9 Å². The number of nitrogens with zero attached hydrogens (tertiary/aromatic N) is 4. The lowest BCUT2D eigenvalue weighted by molar-refractivity contribution is -0.121. The predicted molar refractivity (Wildman–Crippen MR) is 125 cm³/mol. The normalized spacial score (nSPS) is 14.8. The van der Waals surface area contributed by atoms with Gasteiger partial charge in [-0.25, -0.2) is 22.8 Å². The number of piperazine rings is 1. The molecule has 11 heteroatoms. The number of nitrogens with one attached hydrogen (secondary N) is 1. The summed E-state index contributed by atoms with van der Waals surface area (Å²) in [7, 11) is -3.47. The maximum absolute atomic E-state index is 13.0. The molecule has 0 aliphatic carbocycles. The Labute approximate surface area is 197 Å². The Hall–Kier alpha value is -3.31. The van der Waals surface area contributed by atoms with Crippen molar-refractivity contribution in [2.45, 2.75) is 12.8 Å². The van der Waals surface area contributed by atoms with Crippen molar-refractivity contribution >= 4 is 21.7 Å². The highest BCUT2D eigenvalue weighted by atomic mass is 32.2. The minimum absolute atomic E-state index is 0.0357. The molecule has 0 unspecified atom stereocenters. The molecule has 1 amide bonds. The Bertz CT molecular complexity index is 1190.